The summed E-state index contributed by atoms with van der Waals surface area (Å²) in [6.45, 7) is 6.44. The predicted molar refractivity (Wildman–Crippen MR) is 75.3 cm³/mol. The molecule has 0 spiro atoms. The monoisotopic (exact) mass is 289 g/mol. The van der Waals surface area contributed by atoms with Gasteiger partial charge in [-0.15, -0.1) is 22.9 Å². The number of piperazine rings is 1. The number of aromatic nitrogens is 1. The first-order valence-corrected chi connectivity index (χ1v) is 7.78. The number of β-amino-alcohol motifs (C(OH)–C–C–N with tert-alkyl or cyclic N) is 1. The van der Waals surface area contributed by atoms with Gasteiger partial charge < -0.3 is 10.0 Å². The Morgan fingerprint density at radius 2 is 1.89 bits per heavy atom. The number of aliphatic hydroxyl groups excluding tert-OH is 1. The number of alkyl halides is 1. The van der Waals surface area contributed by atoms with Crippen LogP contribution in [0.3, 0.4) is 0 Å². The highest BCUT2D eigenvalue weighted by atomic mass is 35.5. The molecule has 0 amide bonds. The van der Waals surface area contributed by atoms with Crippen molar-refractivity contribution in [1.29, 1.82) is 0 Å². The van der Waals surface area contributed by atoms with Crippen molar-refractivity contribution in [2.45, 2.75) is 12.3 Å². The second-order valence-corrected chi connectivity index (χ2v) is 5.73. The zero-order valence-corrected chi connectivity index (χ0v) is 12.1. The molecule has 0 atom stereocenters. The van der Waals surface area contributed by atoms with E-state index in [-0.39, 0.29) is 6.61 Å². The van der Waals surface area contributed by atoms with Crippen molar-refractivity contribution in [3.05, 3.63) is 16.1 Å². The van der Waals surface area contributed by atoms with Crippen LogP contribution >= 0.6 is 22.9 Å². The van der Waals surface area contributed by atoms with E-state index >= 15 is 0 Å². The first-order valence-electron chi connectivity index (χ1n) is 6.36. The standard InChI is InChI=1S/C12H20ClN3OS/c13-9-11-10-18-12(14-11)1-2-15-3-5-16(6-4-15)7-8-17/h10,17H,1-9H2. The Bertz CT molecular complexity index is 353. The summed E-state index contributed by atoms with van der Waals surface area (Å²) in [4.78, 5) is 9.25. The molecule has 18 heavy (non-hydrogen) atoms. The molecule has 1 saturated heterocycles. The zero-order chi connectivity index (χ0) is 12.8. The van der Waals surface area contributed by atoms with Gasteiger partial charge in [-0.05, 0) is 0 Å². The lowest BCUT2D eigenvalue weighted by molar-refractivity contribution is 0.113. The van der Waals surface area contributed by atoms with Gasteiger partial charge in [0.1, 0.15) is 0 Å². The summed E-state index contributed by atoms with van der Waals surface area (Å²) in [7, 11) is 0. The van der Waals surface area contributed by atoms with Gasteiger partial charge in [0.05, 0.1) is 23.2 Å². The van der Waals surface area contributed by atoms with E-state index < -0.39 is 0 Å². The molecule has 0 saturated carbocycles. The molecule has 0 aromatic carbocycles. The molecule has 1 aromatic rings. The quantitative estimate of drug-likeness (QED) is 0.794. The van der Waals surface area contributed by atoms with Crippen LogP contribution in [0.4, 0.5) is 0 Å². The van der Waals surface area contributed by atoms with E-state index in [4.69, 9.17) is 16.7 Å². The SMILES string of the molecule is OCCN1CCN(CCc2nc(CCl)cs2)CC1. The van der Waals surface area contributed by atoms with Crippen molar-refractivity contribution in [3.8, 4) is 0 Å². The second-order valence-electron chi connectivity index (χ2n) is 4.52. The van der Waals surface area contributed by atoms with E-state index in [1.54, 1.807) is 11.3 Å². The van der Waals surface area contributed by atoms with Crippen LogP contribution < -0.4 is 0 Å². The Labute approximate surface area is 117 Å². The van der Waals surface area contributed by atoms with E-state index in [1.807, 2.05) is 5.38 Å². The summed E-state index contributed by atoms with van der Waals surface area (Å²) in [5.74, 6) is 0.510. The summed E-state index contributed by atoms with van der Waals surface area (Å²) in [5.41, 5.74) is 0.990. The molecule has 102 valence electrons. The van der Waals surface area contributed by atoms with Crippen molar-refractivity contribution < 1.29 is 5.11 Å². The summed E-state index contributed by atoms with van der Waals surface area (Å²) < 4.78 is 0. The minimum atomic E-state index is 0.264. The molecule has 0 aliphatic carbocycles. The maximum absolute atomic E-state index is 8.89. The number of aliphatic hydroxyl groups is 1. The van der Waals surface area contributed by atoms with E-state index in [9.17, 15) is 0 Å². The molecule has 1 N–H and O–H groups in total. The molecule has 1 aliphatic heterocycles. The van der Waals surface area contributed by atoms with E-state index in [2.05, 4.69) is 14.8 Å². The number of nitrogens with zero attached hydrogens (tertiary/aromatic N) is 3. The Balaban J connectivity index is 1.68. The summed E-state index contributed by atoms with van der Waals surface area (Å²) >= 11 is 7.45. The number of hydrogen-bond donors (Lipinski definition) is 1. The number of rotatable bonds is 6. The topological polar surface area (TPSA) is 39.6 Å². The molecule has 1 fully saturated rings. The third kappa shape index (κ3) is 4.17. The van der Waals surface area contributed by atoms with Gasteiger partial charge in [0.2, 0.25) is 0 Å². The molecule has 0 radical (unpaired) electrons. The fraction of sp³-hybridized carbons (Fsp3) is 0.750. The molecule has 0 bridgehead atoms. The van der Waals surface area contributed by atoms with Crippen molar-refractivity contribution in [3.63, 3.8) is 0 Å². The van der Waals surface area contributed by atoms with Crippen molar-refractivity contribution in [2.75, 3.05) is 45.9 Å². The van der Waals surface area contributed by atoms with Crippen LogP contribution in [0.25, 0.3) is 0 Å². The van der Waals surface area contributed by atoms with Gasteiger partial charge in [-0.25, -0.2) is 4.98 Å². The average Bonchev–Trinajstić information content (AvgIpc) is 2.86. The van der Waals surface area contributed by atoms with Crippen LogP contribution in [0.5, 0.6) is 0 Å². The van der Waals surface area contributed by atoms with Gasteiger partial charge in [0.25, 0.3) is 0 Å². The third-order valence-corrected chi connectivity index (χ3v) is 4.49. The van der Waals surface area contributed by atoms with Gasteiger partial charge in [-0.2, -0.15) is 0 Å². The van der Waals surface area contributed by atoms with Crippen molar-refractivity contribution in [1.82, 2.24) is 14.8 Å². The van der Waals surface area contributed by atoms with Gasteiger partial charge in [-0.1, -0.05) is 0 Å². The van der Waals surface area contributed by atoms with Gasteiger partial charge in [0.15, 0.2) is 0 Å². The lowest BCUT2D eigenvalue weighted by atomic mass is 10.3. The third-order valence-electron chi connectivity index (χ3n) is 3.26. The Morgan fingerprint density at radius 1 is 1.22 bits per heavy atom. The van der Waals surface area contributed by atoms with E-state index in [0.29, 0.717) is 5.88 Å². The highest BCUT2D eigenvalue weighted by Crippen LogP contribution is 2.13. The molecule has 1 aliphatic rings. The van der Waals surface area contributed by atoms with Crippen LogP contribution in [0.2, 0.25) is 0 Å². The van der Waals surface area contributed by atoms with Crippen molar-refractivity contribution in [2.24, 2.45) is 0 Å². The highest BCUT2D eigenvalue weighted by Gasteiger charge is 2.16. The summed E-state index contributed by atoms with van der Waals surface area (Å²) in [6.07, 6.45) is 1.02. The van der Waals surface area contributed by atoms with Crippen molar-refractivity contribution >= 4 is 22.9 Å². The Kier molecular flexibility index (Phi) is 5.85. The van der Waals surface area contributed by atoms with Crippen LogP contribution in [-0.2, 0) is 12.3 Å². The largest absolute Gasteiger partial charge is 0.395 e. The summed E-state index contributed by atoms with van der Waals surface area (Å²) in [5, 5.41) is 12.1. The van der Waals surface area contributed by atoms with Gasteiger partial charge in [-0.3, -0.25) is 4.90 Å². The minimum Gasteiger partial charge on any atom is -0.395 e. The molecule has 2 heterocycles. The maximum Gasteiger partial charge on any atom is 0.0941 e. The highest BCUT2D eigenvalue weighted by molar-refractivity contribution is 7.09. The van der Waals surface area contributed by atoms with Gasteiger partial charge >= 0.3 is 0 Å². The Morgan fingerprint density at radius 3 is 2.44 bits per heavy atom. The Hall–Kier alpha value is -0.200. The number of halogens is 1. The maximum atomic E-state index is 8.89. The minimum absolute atomic E-state index is 0.264. The first-order chi connectivity index (χ1) is 8.81. The van der Waals surface area contributed by atoms with Crippen LogP contribution in [0, 0.1) is 0 Å². The number of hydrogen-bond acceptors (Lipinski definition) is 5. The number of thiazole rings is 1. The average molecular weight is 290 g/mol. The van der Waals surface area contributed by atoms with Crippen LogP contribution in [-0.4, -0.2) is 65.8 Å². The van der Waals surface area contributed by atoms with Gasteiger partial charge in [0, 0.05) is 51.1 Å². The molecular formula is C12H20ClN3OS. The molecule has 1 aromatic heterocycles. The molecular weight excluding hydrogens is 270 g/mol. The molecule has 0 unspecified atom stereocenters. The summed E-state index contributed by atoms with van der Waals surface area (Å²) in [6, 6.07) is 0. The fourth-order valence-corrected chi connectivity index (χ4v) is 3.17. The molecule has 2 rings (SSSR count). The molecule has 4 nitrogen and oxygen atoms in total. The van der Waals surface area contributed by atoms with E-state index in [0.717, 1.165) is 51.4 Å². The normalized spacial score (nSPS) is 18.3. The first kappa shape index (κ1) is 14.2. The fourth-order valence-electron chi connectivity index (χ4n) is 2.16. The van der Waals surface area contributed by atoms with Crippen LogP contribution in [0.1, 0.15) is 10.7 Å². The smallest absolute Gasteiger partial charge is 0.0941 e. The zero-order valence-electron chi connectivity index (χ0n) is 10.5. The predicted octanol–water partition coefficient (Wildman–Crippen LogP) is 1.03. The van der Waals surface area contributed by atoms with E-state index in [1.165, 1.54) is 5.01 Å². The lowest BCUT2D eigenvalue weighted by Crippen LogP contribution is -2.47. The van der Waals surface area contributed by atoms with Crippen LogP contribution in [0.15, 0.2) is 5.38 Å². The lowest BCUT2D eigenvalue weighted by Gasteiger charge is -2.34. The second kappa shape index (κ2) is 7.40. The molecule has 6 heteroatoms.